The number of aromatic nitrogens is 1. The van der Waals surface area contributed by atoms with Gasteiger partial charge >= 0.3 is 0 Å². The lowest BCUT2D eigenvalue weighted by molar-refractivity contribution is -0.125. The summed E-state index contributed by atoms with van der Waals surface area (Å²) >= 11 is 0. The highest BCUT2D eigenvalue weighted by Crippen LogP contribution is 2.23. The van der Waals surface area contributed by atoms with Crippen molar-refractivity contribution in [3.05, 3.63) is 17.8 Å². The molecule has 0 saturated carbocycles. The molecule has 1 fully saturated rings. The van der Waals surface area contributed by atoms with Crippen LogP contribution in [-0.2, 0) is 4.79 Å². The summed E-state index contributed by atoms with van der Waals surface area (Å²) in [6.45, 7) is 1.53. The van der Waals surface area contributed by atoms with Gasteiger partial charge in [0.25, 0.3) is 0 Å². The molecule has 0 spiro atoms. The molecule has 100 valence electrons. The van der Waals surface area contributed by atoms with Crippen molar-refractivity contribution in [2.75, 3.05) is 30.8 Å². The van der Waals surface area contributed by atoms with Gasteiger partial charge in [0.05, 0.1) is 5.69 Å². The molecular weight excluding hydrogens is 242 g/mol. The monoisotopic (exact) mass is 259 g/mol. The van der Waals surface area contributed by atoms with Crippen LogP contribution in [-0.4, -0.2) is 31.0 Å². The standard InChI is InChI=1S/C13H17N5O/c1-16-13(19)9-4-6-18(7-5-9)12-3-2-10(15)11(8-14)17-12/h2-3,9H,4-7,15H2,1H3,(H,16,19). The lowest BCUT2D eigenvalue weighted by Gasteiger charge is -2.32. The molecule has 0 atom stereocenters. The molecule has 0 radical (unpaired) electrons. The van der Waals surface area contributed by atoms with Gasteiger partial charge in [-0.3, -0.25) is 4.79 Å². The highest BCUT2D eigenvalue weighted by molar-refractivity contribution is 5.78. The number of hydrogen-bond acceptors (Lipinski definition) is 5. The Morgan fingerprint density at radius 2 is 2.21 bits per heavy atom. The topological polar surface area (TPSA) is 95.0 Å². The minimum atomic E-state index is 0.0745. The second kappa shape index (κ2) is 5.57. The van der Waals surface area contributed by atoms with Gasteiger partial charge in [-0.1, -0.05) is 0 Å². The first kappa shape index (κ1) is 13.1. The summed E-state index contributed by atoms with van der Waals surface area (Å²) in [7, 11) is 1.66. The maximum Gasteiger partial charge on any atom is 0.222 e. The smallest absolute Gasteiger partial charge is 0.222 e. The minimum Gasteiger partial charge on any atom is -0.396 e. The highest BCUT2D eigenvalue weighted by atomic mass is 16.1. The fourth-order valence-corrected chi connectivity index (χ4v) is 2.30. The van der Waals surface area contributed by atoms with E-state index in [-0.39, 0.29) is 17.5 Å². The third kappa shape index (κ3) is 2.76. The van der Waals surface area contributed by atoms with Gasteiger partial charge < -0.3 is 16.0 Å². The Kier molecular flexibility index (Phi) is 3.85. The van der Waals surface area contributed by atoms with Crippen LogP contribution in [0.15, 0.2) is 12.1 Å². The molecule has 6 heteroatoms. The molecule has 1 saturated heterocycles. The molecule has 6 nitrogen and oxygen atoms in total. The van der Waals surface area contributed by atoms with Crippen LogP contribution in [0.3, 0.4) is 0 Å². The Morgan fingerprint density at radius 1 is 1.53 bits per heavy atom. The first-order chi connectivity index (χ1) is 9.15. The highest BCUT2D eigenvalue weighted by Gasteiger charge is 2.24. The molecule has 0 bridgehead atoms. The Bertz CT molecular complexity index is 514. The van der Waals surface area contributed by atoms with E-state index >= 15 is 0 Å². The Labute approximate surface area is 112 Å². The zero-order valence-electron chi connectivity index (χ0n) is 10.9. The van der Waals surface area contributed by atoms with Crippen molar-refractivity contribution in [2.24, 2.45) is 5.92 Å². The predicted molar refractivity (Wildman–Crippen MR) is 72.4 cm³/mol. The molecule has 1 aromatic rings. The predicted octanol–water partition coefficient (Wildman–Crippen LogP) is 0.498. The minimum absolute atomic E-state index is 0.0745. The number of anilines is 2. The van der Waals surface area contributed by atoms with E-state index in [9.17, 15) is 4.79 Å². The Morgan fingerprint density at radius 3 is 2.79 bits per heavy atom. The number of hydrogen-bond donors (Lipinski definition) is 2. The van der Waals surface area contributed by atoms with E-state index in [0.717, 1.165) is 31.7 Å². The van der Waals surface area contributed by atoms with Gasteiger partial charge in [-0.2, -0.15) is 5.26 Å². The van der Waals surface area contributed by atoms with Crippen LogP contribution in [0.4, 0.5) is 11.5 Å². The van der Waals surface area contributed by atoms with Gasteiger partial charge in [-0.25, -0.2) is 4.98 Å². The van der Waals surface area contributed by atoms with Gasteiger partial charge in [0.15, 0.2) is 5.69 Å². The molecule has 3 N–H and O–H groups in total. The Hall–Kier alpha value is -2.29. The quantitative estimate of drug-likeness (QED) is 0.806. The van der Waals surface area contributed by atoms with E-state index in [0.29, 0.717) is 5.69 Å². The van der Waals surface area contributed by atoms with Crippen LogP contribution in [0, 0.1) is 17.2 Å². The molecule has 1 aliphatic rings. The fraction of sp³-hybridized carbons (Fsp3) is 0.462. The van der Waals surface area contributed by atoms with E-state index in [1.807, 2.05) is 12.1 Å². The first-order valence-corrected chi connectivity index (χ1v) is 6.29. The molecule has 1 amide bonds. The molecular formula is C13H17N5O. The van der Waals surface area contributed by atoms with Crippen molar-refractivity contribution < 1.29 is 4.79 Å². The van der Waals surface area contributed by atoms with E-state index in [4.69, 9.17) is 11.0 Å². The number of nitriles is 1. The van der Waals surface area contributed by atoms with Gasteiger partial charge in [0.1, 0.15) is 11.9 Å². The molecule has 2 heterocycles. The van der Waals surface area contributed by atoms with Gasteiger partial charge in [0, 0.05) is 26.1 Å². The summed E-state index contributed by atoms with van der Waals surface area (Å²) in [6, 6.07) is 5.50. The molecule has 1 aromatic heterocycles. The third-order valence-corrected chi connectivity index (χ3v) is 3.45. The van der Waals surface area contributed by atoms with E-state index in [2.05, 4.69) is 15.2 Å². The summed E-state index contributed by atoms with van der Waals surface area (Å²) in [5.41, 5.74) is 6.30. The third-order valence-electron chi connectivity index (χ3n) is 3.45. The fourth-order valence-electron chi connectivity index (χ4n) is 2.30. The van der Waals surface area contributed by atoms with Crippen molar-refractivity contribution >= 4 is 17.4 Å². The van der Waals surface area contributed by atoms with Crippen LogP contribution in [0.2, 0.25) is 0 Å². The second-order valence-electron chi connectivity index (χ2n) is 4.59. The van der Waals surface area contributed by atoms with Crippen molar-refractivity contribution in [2.45, 2.75) is 12.8 Å². The van der Waals surface area contributed by atoms with E-state index < -0.39 is 0 Å². The zero-order valence-corrected chi connectivity index (χ0v) is 10.9. The molecule has 0 aromatic carbocycles. The summed E-state index contributed by atoms with van der Waals surface area (Å²) in [4.78, 5) is 17.9. The van der Waals surface area contributed by atoms with Crippen LogP contribution in [0.5, 0.6) is 0 Å². The van der Waals surface area contributed by atoms with Crippen LogP contribution in [0.1, 0.15) is 18.5 Å². The summed E-state index contributed by atoms with van der Waals surface area (Å²) < 4.78 is 0. The Balaban J connectivity index is 2.06. The zero-order chi connectivity index (χ0) is 13.8. The molecule has 2 rings (SSSR count). The number of pyridine rings is 1. The number of carbonyl (C=O) groups is 1. The summed E-state index contributed by atoms with van der Waals surface area (Å²) in [5.74, 6) is 0.925. The average Bonchev–Trinajstić information content (AvgIpc) is 2.47. The van der Waals surface area contributed by atoms with E-state index in [1.54, 1.807) is 13.1 Å². The first-order valence-electron chi connectivity index (χ1n) is 6.29. The number of amides is 1. The SMILES string of the molecule is CNC(=O)C1CCN(c2ccc(N)c(C#N)n2)CC1. The number of nitrogens with two attached hydrogens (primary N) is 1. The summed E-state index contributed by atoms with van der Waals surface area (Å²) in [6.07, 6.45) is 1.60. The second-order valence-corrected chi connectivity index (χ2v) is 4.59. The maximum atomic E-state index is 11.6. The number of nitrogens with one attached hydrogen (secondary N) is 1. The number of rotatable bonds is 2. The maximum absolute atomic E-state index is 11.6. The lowest BCUT2D eigenvalue weighted by atomic mass is 9.96. The van der Waals surface area contributed by atoms with Crippen molar-refractivity contribution in [1.82, 2.24) is 10.3 Å². The van der Waals surface area contributed by atoms with Gasteiger partial charge in [-0.05, 0) is 25.0 Å². The number of nitrogens with zero attached hydrogens (tertiary/aromatic N) is 3. The van der Waals surface area contributed by atoms with Crippen molar-refractivity contribution in [3.8, 4) is 6.07 Å². The largest absolute Gasteiger partial charge is 0.396 e. The number of piperidine rings is 1. The molecule has 0 unspecified atom stereocenters. The van der Waals surface area contributed by atoms with Crippen LogP contribution < -0.4 is 16.0 Å². The van der Waals surface area contributed by atoms with E-state index in [1.165, 1.54) is 0 Å². The summed E-state index contributed by atoms with van der Waals surface area (Å²) in [5, 5.41) is 11.6. The number of nitrogen functional groups attached to an aromatic ring is 1. The van der Waals surface area contributed by atoms with Crippen LogP contribution in [0.25, 0.3) is 0 Å². The van der Waals surface area contributed by atoms with Crippen LogP contribution >= 0.6 is 0 Å². The lowest BCUT2D eigenvalue weighted by Crippen LogP contribution is -2.40. The van der Waals surface area contributed by atoms with Gasteiger partial charge in [0.2, 0.25) is 5.91 Å². The molecule has 0 aliphatic carbocycles. The molecule has 19 heavy (non-hydrogen) atoms. The molecule has 1 aliphatic heterocycles. The number of carbonyl (C=O) groups excluding carboxylic acids is 1. The van der Waals surface area contributed by atoms with Crippen molar-refractivity contribution in [3.63, 3.8) is 0 Å². The average molecular weight is 259 g/mol. The normalized spacial score (nSPS) is 15.9. The van der Waals surface area contributed by atoms with Crippen molar-refractivity contribution in [1.29, 1.82) is 5.26 Å². The van der Waals surface area contributed by atoms with Gasteiger partial charge in [-0.15, -0.1) is 0 Å².